The summed E-state index contributed by atoms with van der Waals surface area (Å²) in [6, 6.07) is 0.0682. The van der Waals surface area contributed by atoms with Crippen LogP contribution in [0.5, 0.6) is 0 Å². The van der Waals surface area contributed by atoms with Gasteiger partial charge in [-0.05, 0) is 34.2 Å². The lowest BCUT2D eigenvalue weighted by Crippen LogP contribution is -2.54. The summed E-state index contributed by atoms with van der Waals surface area (Å²) < 4.78 is 5.25. The molecule has 1 amide bonds. The van der Waals surface area contributed by atoms with Crippen LogP contribution in [0.4, 0.5) is 4.79 Å². The number of aliphatic hydroxyl groups excluding tert-OH is 1. The summed E-state index contributed by atoms with van der Waals surface area (Å²) in [6.07, 6.45) is -0.121. The van der Waals surface area contributed by atoms with Crippen molar-refractivity contribution in [3.63, 3.8) is 0 Å². The van der Waals surface area contributed by atoms with Gasteiger partial charge in [-0.25, -0.2) is 4.79 Å². The second-order valence-electron chi connectivity index (χ2n) is 5.18. The molecule has 1 rings (SSSR count). The van der Waals surface area contributed by atoms with Crippen LogP contribution in [-0.2, 0) is 4.74 Å². The Balaban J connectivity index is 0.00000256. The molecule has 1 heterocycles. The molecule has 1 fully saturated rings. The van der Waals surface area contributed by atoms with E-state index in [1.54, 1.807) is 4.90 Å². The number of likely N-dealkylation sites (tertiary alicyclic amines) is 1. The van der Waals surface area contributed by atoms with Gasteiger partial charge < -0.3 is 20.1 Å². The average molecular weight is 267 g/mol. The summed E-state index contributed by atoms with van der Waals surface area (Å²) in [7, 11) is 1.82. The molecule has 2 atom stereocenters. The Bertz CT molecular complexity index is 256. The van der Waals surface area contributed by atoms with Gasteiger partial charge in [0.05, 0.1) is 12.6 Å². The number of hydrogen-bond acceptors (Lipinski definition) is 4. The van der Waals surface area contributed by atoms with Crippen LogP contribution in [0.15, 0.2) is 0 Å². The zero-order chi connectivity index (χ0) is 12.3. The third-order valence-electron chi connectivity index (χ3n) is 2.60. The maximum absolute atomic E-state index is 11.7. The van der Waals surface area contributed by atoms with E-state index in [0.717, 1.165) is 6.42 Å². The molecule has 0 saturated carbocycles. The van der Waals surface area contributed by atoms with Crippen LogP contribution < -0.4 is 5.32 Å². The molecule has 6 heteroatoms. The molecule has 0 spiro atoms. The predicted octanol–water partition coefficient (Wildman–Crippen LogP) is 0.998. The maximum atomic E-state index is 11.7. The lowest BCUT2D eigenvalue weighted by molar-refractivity contribution is -0.00384. The first-order valence-electron chi connectivity index (χ1n) is 5.67. The second-order valence-corrected chi connectivity index (χ2v) is 5.18. The maximum Gasteiger partial charge on any atom is 0.410 e. The Kier molecular flexibility index (Phi) is 6.23. The highest BCUT2D eigenvalue weighted by Gasteiger charge is 2.31. The third kappa shape index (κ3) is 5.10. The summed E-state index contributed by atoms with van der Waals surface area (Å²) >= 11 is 0. The smallest absolute Gasteiger partial charge is 0.410 e. The summed E-state index contributed by atoms with van der Waals surface area (Å²) in [4.78, 5) is 13.3. The molecule has 0 aromatic rings. The van der Waals surface area contributed by atoms with E-state index in [9.17, 15) is 9.90 Å². The van der Waals surface area contributed by atoms with E-state index in [1.807, 2.05) is 27.8 Å². The Morgan fingerprint density at radius 1 is 1.47 bits per heavy atom. The Labute approximate surface area is 109 Å². The Morgan fingerprint density at radius 3 is 2.47 bits per heavy atom. The van der Waals surface area contributed by atoms with Crippen molar-refractivity contribution >= 4 is 18.5 Å². The van der Waals surface area contributed by atoms with Crippen molar-refractivity contribution in [2.24, 2.45) is 0 Å². The topological polar surface area (TPSA) is 61.8 Å². The van der Waals surface area contributed by atoms with Crippen LogP contribution in [0, 0.1) is 0 Å². The van der Waals surface area contributed by atoms with Crippen molar-refractivity contribution in [1.29, 1.82) is 0 Å². The fourth-order valence-electron chi connectivity index (χ4n) is 1.76. The first kappa shape index (κ1) is 16.5. The lowest BCUT2D eigenvalue weighted by atomic mass is 10.0. The largest absolute Gasteiger partial charge is 0.444 e. The standard InChI is InChI=1S/C11H22N2O3.ClH/c1-11(2,3)16-10(15)13-6-5-8(12-4)9(14)7-13;/h8-9,12,14H,5-7H2,1-4H3;1H. The summed E-state index contributed by atoms with van der Waals surface area (Å²) in [6.45, 7) is 6.46. The molecule has 0 aromatic heterocycles. The van der Waals surface area contributed by atoms with Gasteiger partial charge in [0.25, 0.3) is 0 Å². The van der Waals surface area contributed by atoms with Crippen molar-refractivity contribution in [3.8, 4) is 0 Å². The molecule has 1 aliphatic heterocycles. The number of amides is 1. The number of carbonyl (C=O) groups is 1. The van der Waals surface area contributed by atoms with Gasteiger partial charge in [0.1, 0.15) is 5.60 Å². The van der Waals surface area contributed by atoms with Crippen LogP contribution in [0.3, 0.4) is 0 Å². The number of ether oxygens (including phenoxy) is 1. The van der Waals surface area contributed by atoms with Crippen molar-refractivity contribution in [1.82, 2.24) is 10.2 Å². The second kappa shape index (κ2) is 6.42. The van der Waals surface area contributed by atoms with E-state index in [1.165, 1.54) is 0 Å². The molecule has 102 valence electrons. The number of halogens is 1. The van der Waals surface area contributed by atoms with E-state index >= 15 is 0 Å². The first-order chi connectivity index (χ1) is 7.33. The number of rotatable bonds is 1. The van der Waals surface area contributed by atoms with Gasteiger partial charge in [-0.1, -0.05) is 0 Å². The van der Waals surface area contributed by atoms with E-state index in [-0.39, 0.29) is 24.5 Å². The van der Waals surface area contributed by atoms with Crippen molar-refractivity contribution in [3.05, 3.63) is 0 Å². The number of piperidine rings is 1. The van der Waals surface area contributed by atoms with E-state index in [0.29, 0.717) is 13.1 Å². The highest BCUT2D eigenvalue weighted by molar-refractivity contribution is 5.85. The first-order valence-corrected chi connectivity index (χ1v) is 5.67. The van der Waals surface area contributed by atoms with Crippen LogP contribution in [-0.4, -0.2) is 54.0 Å². The zero-order valence-corrected chi connectivity index (χ0v) is 11.7. The lowest BCUT2D eigenvalue weighted by Gasteiger charge is -2.36. The number of likely N-dealkylation sites (N-methyl/N-ethyl adjacent to an activating group) is 1. The van der Waals surface area contributed by atoms with Gasteiger partial charge in [0.15, 0.2) is 0 Å². The van der Waals surface area contributed by atoms with Gasteiger partial charge in [-0.2, -0.15) is 0 Å². The van der Waals surface area contributed by atoms with E-state index in [2.05, 4.69) is 5.32 Å². The number of hydrogen-bond donors (Lipinski definition) is 2. The van der Waals surface area contributed by atoms with E-state index in [4.69, 9.17) is 4.74 Å². The molecule has 0 aliphatic carbocycles. The van der Waals surface area contributed by atoms with Crippen molar-refractivity contribution in [2.75, 3.05) is 20.1 Å². The fraction of sp³-hybridized carbons (Fsp3) is 0.909. The number of aliphatic hydroxyl groups is 1. The van der Waals surface area contributed by atoms with Gasteiger partial charge >= 0.3 is 6.09 Å². The Morgan fingerprint density at radius 2 is 2.06 bits per heavy atom. The minimum Gasteiger partial charge on any atom is -0.444 e. The number of nitrogens with zero attached hydrogens (tertiary/aromatic N) is 1. The predicted molar refractivity (Wildman–Crippen MR) is 68.5 cm³/mol. The zero-order valence-electron chi connectivity index (χ0n) is 10.9. The molecular weight excluding hydrogens is 244 g/mol. The molecular formula is C11H23ClN2O3. The number of carbonyl (C=O) groups excluding carboxylic acids is 1. The van der Waals surface area contributed by atoms with Crippen LogP contribution in [0.2, 0.25) is 0 Å². The molecule has 17 heavy (non-hydrogen) atoms. The van der Waals surface area contributed by atoms with Crippen LogP contribution in [0.25, 0.3) is 0 Å². The van der Waals surface area contributed by atoms with E-state index < -0.39 is 11.7 Å². The Hall–Kier alpha value is -0.520. The SMILES string of the molecule is CNC1CCN(C(=O)OC(C)(C)C)CC1O.Cl. The van der Waals surface area contributed by atoms with Gasteiger partial charge in [0, 0.05) is 12.6 Å². The minimum absolute atomic E-state index is 0. The quantitative estimate of drug-likeness (QED) is 0.743. The molecule has 0 radical (unpaired) electrons. The molecule has 1 aliphatic rings. The average Bonchev–Trinajstić information content (AvgIpc) is 2.15. The highest BCUT2D eigenvalue weighted by Crippen LogP contribution is 2.15. The number of nitrogens with one attached hydrogen (secondary N) is 1. The molecule has 0 aromatic carbocycles. The molecule has 2 N–H and O–H groups in total. The monoisotopic (exact) mass is 266 g/mol. The third-order valence-corrected chi connectivity index (χ3v) is 2.60. The van der Waals surface area contributed by atoms with Crippen molar-refractivity contribution < 1.29 is 14.6 Å². The molecule has 2 unspecified atom stereocenters. The molecule has 0 bridgehead atoms. The van der Waals surface area contributed by atoms with Gasteiger partial charge in [-0.3, -0.25) is 0 Å². The summed E-state index contributed by atoms with van der Waals surface area (Å²) in [5, 5.41) is 12.8. The summed E-state index contributed by atoms with van der Waals surface area (Å²) in [5.41, 5.74) is -0.484. The minimum atomic E-state index is -0.522. The van der Waals surface area contributed by atoms with Gasteiger partial charge in [0.2, 0.25) is 0 Å². The fourth-order valence-corrected chi connectivity index (χ4v) is 1.76. The molecule has 1 saturated heterocycles. The van der Waals surface area contributed by atoms with Crippen molar-refractivity contribution in [2.45, 2.75) is 44.9 Å². The number of β-amino-alcohol motifs (C(OH)–C–C–N with tert-alkyl or cyclic N) is 1. The van der Waals surface area contributed by atoms with Gasteiger partial charge in [-0.15, -0.1) is 12.4 Å². The highest BCUT2D eigenvalue weighted by atomic mass is 35.5. The van der Waals surface area contributed by atoms with Crippen LogP contribution >= 0.6 is 12.4 Å². The van der Waals surface area contributed by atoms with Crippen LogP contribution in [0.1, 0.15) is 27.2 Å². The normalized spacial score (nSPS) is 25.1. The summed E-state index contributed by atoms with van der Waals surface area (Å²) in [5.74, 6) is 0. The molecule has 5 nitrogen and oxygen atoms in total.